The first-order chi connectivity index (χ1) is 12.6. The van der Waals surface area contributed by atoms with Crippen LogP contribution in [-0.4, -0.2) is 14.2 Å². The van der Waals surface area contributed by atoms with Gasteiger partial charge in [-0.25, -0.2) is 23.1 Å². The van der Waals surface area contributed by atoms with Crippen molar-refractivity contribution in [1.82, 2.24) is 0 Å². The first kappa shape index (κ1) is 21.2. The lowest BCUT2D eigenvalue weighted by Crippen LogP contribution is -2.68. The second-order valence-electron chi connectivity index (χ2n) is 5.34. The monoisotopic (exact) mass is 414 g/mol. The Morgan fingerprint density at radius 1 is 0.926 bits per heavy atom. The number of halogens is 2. The zero-order valence-corrected chi connectivity index (χ0v) is 16.2. The molecule has 0 amide bonds. The van der Waals surface area contributed by atoms with Crippen LogP contribution in [0.1, 0.15) is 5.76 Å². The van der Waals surface area contributed by atoms with Crippen LogP contribution in [0.4, 0.5) is 0 Å². The third-order valence-corrected chi connectivity index (χ3v) is 3.87. The Morgan fingerprint density at radius 3 is 2.04 bits per heavy atom. The summed E-state index contributed by atoms with van der Waals surface area (Å²) in [6.07, 6.45) is 0. The Labute approximate surface area is 162 Å². The van der Waals surface area contributed by atoms with Crippen molar-refractivity contribution < 1.29 is 42.8 Å². The molecule has 0 saturated carbocycles. The van der Waals surface area contributed by atoms with E-state index in [1.54, 1.807) is 14.2 Å². The highest BCUT2D eigenvalue weighted by Gasteiger charge is 2.23. The topological polar surface area (TPSA) is 122 Å². The molecule has 0 aliphatic rings. The van der Waals surface area contributed by atoms with Gasteiger partial charge in [0.1, 0.15) is 0 Å². The van der Waals surface area contributed by atoms with Crippen LogP contribution in [-0.2, 0) is 0 Å². The average molecular weight is 415 g/mol. The van der Waals surface area contributed by atoms with Crippen LogP contribution in [0.2, 0.25) is 5.02 Å². The van der Waals surface area contributed by atoms with Crippen molar-refractivity contribution in [1.29, 1.82) is 0 Å². The molecule has 0 spiro atoms. The normalized spacial score (nSPS) is 11.0. The second-order valence-corrected chi connectivity index (χ2v) is 6.50. The fourth-order valence-electron chi connectivity index (χ4n) is 2.52. The zero-order chi connectivity index (χ0) is 20.2. The molecule has 0 aliphatic carbocycles. The van der Waals surface area contributed by atoms with E-state index in [9.17, 15) is 0 Å². The van der Waals surface area contributed by atoms with Crippen molar-refractivity contribution in [2.45, 2.75) is 6.92 Å². The van der Waals surface area contributed by atoms with Crippen molar-refractivity contribution in [3.8, 4) is 22.8 Å². The third kappa shape index (κ3) is 5.67. The van der Waals surface area contributed by atoms with Gasteiger partial charge in [0.15, 0.2) is 11.5 Å². The van der Waals surface area contributed by atoms with E-state index in [-0.39, 0.29) is 0 Å². The second kappa shape index (κ2) is 8.71. The fraction of sp³-hybridized carbons (Fsp3) is 0.167. The number of methoxy groups -OCH3 is 2. The van der Waals surface area contributed by atoms with Crippen LogP contribution < -0.4 is 28.1 Å². The highest BCUT2D eigenvalue weighted by Crippen LogP contribution is 2.39. The van der Waals surface area contributed by atoms with Gasteiger partial charge in [-0.15, -0.1) is 10.2 Å². The molecule has 9 heteroatoms. The van der Waals surface area contributed by atoms with E-state index >= 15 is 0 Å². The van der Waals surface area contributed by atoms with Crippen molar-refractivity contribution in [2.75, 3.05) is 14.2 Å². The minimum absolute atomic E-state index is 0.646. The number of benzene rings is 2. The molecule has 0 saturated heterocycles. The first-order valence-corrected chi connectivity index (χ1v) is 9.11. The number of aryl methyl sites for hydroxylation is 1. The molecule has 2 aromatic carbocycles. The molecule has 0 radical (unpaired) electrons. The summed E-state index contributed by atoms with van der Waals surface area (Å²) in [5, 5.41) is 2.58. The fourth-order valence-corrected chi connectivity index (χ4v) is 2.74. The molecule has 1 aromatic heterocycles. The largest absolute Gasteiger partial charge is 0.493 e. The average Bonchev–Trinajstić information content (AvgIpc) is 2.59. The lowest BCUT2D eigenvalue weighted by atomic mass is 10.0. The molecule has 0 N–H and O–H groups in total. The van der Waals surface area contributed by atoms with Crippen molar-refractivity contribution >= 4 is 22.4 Å². The highest BCUT2D eigenvalue weighted by atomic mass is 35.7. The van der Waals surface area contributed by atoms with Gasteiger partial charge in [-0.3, -0.25) is 0 Å². The van der Waals surface area contributed by atoms with E-state index in [0.29, 0.717) is 16.5 Å². The van der Waals surface area contributed by atoms with Gasteiger partial charge < -0.3 is 9.47 Å². The van der Waals surface area contributed by atoms with Crippen LogP contribution >= 0.6 is 11.6 Å². The molecular weight excluding hydrogens is 399 g/mol. The maximum Gasteiger partial charge on any atom is 0.369 e. The molecule has 27 heavy (non-hydrogen) atoms. The van der Waals surface area contributed by atoms with Crippen LogP contribution in [0, 0.1) is 17.2 Å². The summed E-state index contributed by atoms with van der Waals surface area (Å²) in [6.45, 7) is 1.91. The predicted octanol–water partition coefficient (Wildman–Crippen LogP) is 0.604. The van der Waals surface area contributed by atoms with E-state index in [1.807, 2.05) is 49.4 Å². The predicted molar refractivity (Wildman–Crippen MR) is 88.9 cm³/mol. The van der Waals surface area contributed by atoms with Gasteiger partial charge in [-0.2, -0.15) is 0 Å². The molecular formula is C18H16Cl2O7. The lowest BCUT2D eigenvalue weighted by Gasteiger charge is -2.17. The number of fused-ring (bicyclic) bond motifs is 1. The molecule has 0 aliphatic heterocycles. The zero-order valence-electron chi connectivity index (χ0n) is 14.7. The molecule has 7 nitrogen and oxygen atoms in total. The maximum absolute atomic E-state index is 8.49. The van der Waals surface area contributed by atoms with E-state index < -0.39 is 10.2 Å². The van der Waals surface area contributed by atoms with Crippen LogP contribution in [0.25, 0.3) is 22.1 Å². The minimum Gasteiger partial charge on any atom is -0.493 e. The van der Waals surface area contributed by atoms with Gasteiger partial charge in [0.2, 0.25) is 0 Å². The summed E-state index contributed by atoms with van der Waals surface area (Å²) in [4.78, 5) is 0. The van der Waals surface area contributed by atoms with Gasteiger partial charge in [0, 0.05) is 17.5 Å². The Balaban J connectivity index is 0.000000465. The summed E-state index contributed by atoms with van der Waals surface area (Å²) < 4.78 is 50.7. The minimum atomic E-state index is -4.94. The van der Waals surface area contributed by atoms with Crippen molar-refractivity contribution in [2.24, 2.45) is 0 Å². The standard InChI is InChI=1S/C18H16ClO3.ClHO4/c1-11-8-12-9-16(20-2)17(21-3)10-14(12)18(22-11)13-6-4-5-7-15(13)19;2-1(3,4)5/h4-10H,1-3H3;(H,2,3,4,5)/q+1;/p-1. The SMILES string of the molecule is COc1cc2cc(C)[o+]c(-c3ccccc3Cl)c2cc1OC.[O-][Cl+3]([O-])([O-])[O-]. The van der Waals surface area contributed by atoms with E-state index in [2.05, 4.69) is 0 Å². The summed E-state index contributed by atoms with van der Waals surface area (Å²) in [7, 11) is -1.71. The summed E-state index contributed by atoms with van der Waals surface area (Å²) >= 11 is 6.33. The van der Waals surface area contributed by atoms with Crippen molar-refractivity contribution in [3.63, 3.8) is 0 Å². The molecule has 1 heterocycles. The van der Waals surface area contributed by atoms with Gasteiger partial charge >= 0.3 is 11.5 Å². The van der Waals surface area contributed by atoms with Gasteiger partial charge in [0.05, 0.1) is 37.1 Å². The molecule has 3 aromatic rings. The third-order valence-electron chi connectivity index (χ3n) is 3.54. The van der Waals surface area contributed by atoms with E-state index in [4.69, 9.17) is 44.1 Å². The van der Waals surface area contributed by atoms with Crippen LogP contribution in [0.5, 0.6) is 11.5 Å². The summed E-state index contributed by atoms with van der Waals surface area (Å²) in [5.41, 5.74) is 0.852. The lowest BCUT2D eigenvalue weighted by molar-refractivity contribution is -2.00. The highest BCUT2D eigenvalue weighted by molar-refractivity contribution is 6.33. The van der Waals surface area contributed by atoms with Crippen LogP contribution in [0.15, 0.2) is 46.9 Å². The maximum atomic E-state index is 8.49. The van der Waals surface area contributed by atoms with Gasteiger partial charge in [-0.1, -0.05) is 23.7 Å². The Morgan fingerprint density at radius 2 is 1.48 bits per heavy atom. The van der Waals surface area contributed by atoms with Crippen LogP contribution in [0.3, 0.4) is 0 Å². The number of ether oxygens (including phenoxy) is 2. The quantitative estimate of drug-likeness (QED) is 0.575. The van der Waals surface area contributed by atoms with Gasteiger partial charge in [-0.05, 0) is 18.2 Å². The smallest absolute Gasteiger partial charge is 0.369 e. The first-order valence-electron chi connectivity index (χ1n) is 7.50. The number of rotatable bonds is 3. The molecule has 0 bridgehead atoms. The number of hydrogen-bond acceptors (Lipinski definition) is 6. The Hall–Kier alpha value is -2.13. The Bertz CT molecular complexity index is 933. The van der Waals surface area contributed by atoms with E-state index in [1.165, 1.54) is 0 Å². The molecule has 0 fully saturated rings. The molecule has 0 unspecified atom stereocenters. The van der Waals surface area contributed by atoms with E-state index in [0.717, 1.165) is 27.9 Å². The van der Waals surface area contributed by atoms with Crippen molar-refractivity contribution in [3.05, 3.63) is 53.2 Å². The number of hydrogen-bond donors (Lipinski definition) is 0. The molecule has 144 valence electrons. The Kier molecular flexibility index (Phi) is 6.83. The van der Waals surface area contributed by atoms with Gasteiger partial charge in [0.25, 0.3) is 0 Å². The summed E-state index contributed by atoms with van der Waals surface area (Å²) in [6, 6.07) is 13.4. The summed E-state index contributed by atoms with van der Waals surface area (Å²) in [5.74, 6) is 2.87. The molecule has 3 rings (SSSR count). The molecule has 0 atom stereocenters.